The molecule has 0 heterocycles. The maximum absolute atomic E-state index is 8.98. The summed E-state index contributed by atoms with van der Waals surface area (Å²) in [7, 11) is 0. The summed E-state index contributed by atoms with van der Waals surface area (Å²) < 4.78 is 0. The fraction of sp³-hybridized carbons (Fsp3) is 0.200. The maximum atomic E-state index is 8.98. The SMILES string of the molecule is Cc1ccc(-c2ccc([C@@H](N)CO)cc2)cc1. The van der Waals surface area contributed by atoms with Crippen LogP contribution in [-0.4, -0.2) is 11.7 Å². The Balaban J connectivity index is 2.26. The quantitative estimate of drug-likeness (QED) is 0.846. The number of aliphatic hydroxyl groups is 1. The molecule has 0 unspecified atom stereocenters. The summed E-state index contributed by atoms with van der Waals surface area (Å²) in [5.74, 6) is 0. The molecule has 3 N–H and O–H groups in total. The first-order valence-electron chi connectivity index (χ1n) is 5.74. The second kappa shape index (κ2) is 5.13. The van der Waals surface area contributed by atoms with Crippen molar-refractivity contribution in [1.29, 1.82) is 0 Å². The summed E-state index contributed by atoms with van der Waals surface area (Å²) in [5.41, 5.74) is 10.3. The first kappa shape index (κ1) is 11.8. The van der Waals surface area contributed by atoms with Crippen LogP contribution in [0.25, 0.3) is 11.1 Å². The zero-order chi connectivity index (χ0) is 12.3. The average Bonchev–Trinajstić information content (AvgIpc) is 2.39. The second-order valence-electron chi connectivity index (χ2n) is 4.28. The molecule has 88 valence electrons. The topological polar surface area (TPSA) is 46.2 Å². The number of hydrogen-bond acceptors (Lipinski definition) is 2. The highest BCUT2D eigenvalue weighted by Gasteiger charge is 2.04. The Morgan fingerprint density at radius 3 is 1.88 bits per heavy atom. The molecule has 1 atom stereocenters. The molecule has 0 bridgehead atoms. The lowest BCUT2D eigenvalue weighted by Crippen LogP contribution is -2.14. The van der Waals surface area contributed by atoms with Crippen LogP contribution in [0.2, 0.25) is 0 Å². The van der Waals surface area contributed by atoms with Gasteiger partial charge in [-0.15, -0.1) is 0 Å². The van der Waals surface area contributed by atoms with Crippen LogP contribution < -0.4 is 5.73 Å². The van der Waals surface area contributed by atoms with E-state index in [1.165, 1.54) is 16.7 Å². The summed E-state index contributed by atoms with van der Waals surface area (Å²) in [4.78, 5) is 0. The van der Waals surface area contributed by atoms with E-state index in [9.17, 15) is 0 Å². The molecule has 0 fully saturated rings. The minimum absolute atomic E-state index is 0.0239. The van der Waals surface area contributed by atoms with Crippen molar-refractivity contribution >= 4 is 0 Å². The highest BCUT2D eigenvalue weighted by Crippen LogP contribution is 2.21. The third-order valence-corrected chi connectivity index (χ3v) is 2.92. The summed E-state index contributed by atoms with van der Waals surface area (Å²) >= 11 is 0. The minimum atomic E-state index is -0.290. The standard InChI is InChI=1S/C15H17NO/c1-11-2-4-12(5-3-11)13-6-8-14(9-7-13)15(16)10-17/h2-9,15,17H,10,16H2,1H3/t15-/m0/s1. The smallest absolute Gasteiger partial charge is 0.0624 e. The number of benzene rings is 2. The van der Waals surface area contributed by atoms with Crippen molar-refractivity contribution < 1.29 is 5.11 Å². The Labute approximate surface area is 102 Å². The van der Waals surface area contributed by atoms with Gasteiger partial charge in [0.25, 0.3) is 0 Å². The van der Waals surface area contributed by atoms with Gasteiger partial charge in [0.1, 0.15) is 0 Å². The van der Waals surface area contributed by atoms with E-state index in [1.807, 2.05) is 24.3 Å². The maximum Gasteiger partial charge on any atom is 0.0624 e. The number of aliphatic hydroxyl groups excluding tert-OH is 1. The first-order valence-corrected chi connectivity index (χ1v) is 5.74. The summed E-state index contributed by atoms with van der Waals surface area (Å²) in [6, 6.07) is 16.1. The van der Waals surface area contributed by atoms with Crippen LogP contribution in [0.3, 0.4) is 0 Å². The molecule has 0 amide bonds. The molecule has 0 aliphatic carbocycles. The van der Waals surface area contributed by atoms with Gasteiger partial charge in [0.15, 0.2) is 0 Å². The van der Waals surface area contributed by atoms with Crippen molar-refractivity contribution in [2.45, 2.75) is 13.0 Å². The van der Waals surface area contributed by atoms with Crippen molar-refractivity contribution in [2.75, 3.05) is 6.61 Å². The molecule has 0 aliphatic heterocycles. The lowest BCUT2D eigenvalue weighted by molar-refractivity contribution is 0.268. The average molecular weight is 227 g/mol. The van der Waals surface area contributed by atoms with Crippen LogP contribution in [0.15, 0.2) is 48.5 Å². The number of rotatable bonds is 3. The van der Waals surface area contributed by atoms with Crippen LogP contribution in [0, 0.1) is 6.92 Å². The fourth-order valence-electron chi connectivity index (χ4n) is 1.77. The lowest BCUT2D eigenvalue weighted by Gasteiger charge is -2.09. The van der Waals surface area contributed by atoms with Crippen LogP contribution in [0.1, 0.15) is 17.2 Å². The molecule has 2 heteroatoms. The molecule has 0 radical (unpaired) electrons. The lowest BCUT2D eigenvalue weighted by atomic mass is 10.0. The van der Waals surface area contributed by atoms with Gasteiger partial charge in [0.2, 0.25) is 0 Å². The van der Waals surface area contributed by atoms with E-state index in [-0.39, 0.29) is 12.6 Å². The monoisotopic (exact) mass is 227 g/mol. The highest BCUT2D eigenvalue weighted by molar-refractivity contribution is 5.64. The van der Waals surface area contributed by atoms with Gasteiger partial charge in [0, 0.05) is 0 Å². The van der Waals surface area contributed by atoms with Gasteiger partial charge in [0.05, 0.1) is 12.6 Å². The van der Waals surface area contributed by atoms with E-state index in [1.54, 1.807) is 0 Å². The zero-order valence-electron chi connectivity index (χ0n) is 9.93. The van der Waals surface area contributed by atoms with Crippen LogP contribution in [0.5, 0.6) is 0 Å². The third kappa shape index (κ3) is 2.73. The molecular weight excluding hydrogens is 210 g/mol. The van der Waals surface area contributed by atoms with Gasteiger partial charge in [-0.05, 0) is 23.6 Å². The molecule has 0 aliphatic rings. The Morgan fingerprint density at radius 2 is 1.41 bits per heavy atom. The first-order chi connectivity index (χ1) is 8.20. The molecule has 17 heavy (non-hydrogen) atoms. The summed E-state index contributed by atoms with van der Waals surface area (Å²) in [5, 5.41) is 8.98. The van der Waals surface area contributed by atoms with Crippen molar-refractivity contribution in [3.8, 4) is 11.1 Å². The van der Waals surface area contributed by atoms with Gasteiger partial charge < -0.3 is 10.8 Å². The largest absolute Gasteiger partial charge is 0.394 e. The molecule has 0 saturated heterocycles. The molecule has 0 aromatic heterocycles. The van der Waals surface area contributed by atoms with Gasteiger partial charge in [-0.25, -0.2) is 0 Å². The number of nitrogens with two attached hydrogens (primary N) is 1. The van der Waals surface area contributed by atoms with Gasteiger partial charge >= 0.3 is 0 Å². The number of hydrogen-bond donors (Lipinski definition) is 2. The van der Waals surface area contributed by atoms with Crippen molar-refractivity contribution in [1.82, 2.24) is 0 Å². The van der Waals surface area contributed by atoms with E-state index in [4.69, 9.17) is 10.8 Å². The van der Waals surface area contributed by atoms with Gasteiger partial charge in [-0.2, -0.15) is 0 Å². The van der Waals surface area contributed by atoms with Crippen LogP contribution in [0.4, 0.5) is 0 Å². The van der Waals surface area contributed by atoms with Crippen molar-refractivity contribution in [3.05, 3.63) is 59.7 Å². The third-order valence-electron chi connectivity index (χ3n) is 2.92. The Kier molecular flexibility index (Phi) is 3.57. The fourth-order valence-corrected chi connectivity index (χ4v) is 1.77. The van der Waals surface area contributed by atoms with E-state index in [0.717, 1.165) is 5.56 Å². The normalized spacial score (nSPS) is 12.4. The van der Waals surface area contributed by atoms with E-state index >= 15 is 0 Å². The highest BCUT2D eigenvalue weighted by atomic mass is 16.3. The van der Waals surface area contributed by atoms with Gasteiger partial charge in [-0.3, -0.25) is 0 Å². The predicted octanol–water partition coefficient (Wildman–Crippen LogP) is 2.65. The van der Waals surface area contributed by atoms with Crippen LogP contribution in [-0.2, 0) is 0 Å². The predicted molar refractivity (Wildman–Crippen MR) is 70.6 cm³/mol. The molecule has 0 spiro atoms. The number of aryl methyl sites for hydroxylation is 1. The van der Waals surface area contributed by atoms with E-state index < -0.39 is 0 Å². The Bertz CT molecular complexity index is 473. The zero-order valence-corrected chi connectivity index (χ0v) is 9.93. The molecule has 2 nitrogen and oxygen atoms in total. The summed E-state index contributed by atoms with van der Waals surface area (Å²) in [6.07, 6.45) is 0. The van der Waals surface area contributed by atoms with Gasteiger partial charge in [-0.1, -0.05) is 54.1 Å². The van der Waals surface area contributed by atoms with E-state index in [2.05, 4.69) is 31.2 Å². The van der Waals surface area contributed by atoms with Crippen molar-refractivity contribution in [2.24, 2.45) is 5.73 Å². The molecule has 2 aromatic rings. The molecule has 2 aromatic carbocycles. The molecule has 2 rings (SSSR count). The molecular formula is C15H17NO. The Hall–Kier alpha value is -1.64. The summed E-state index contributed by atoms with van der Waals surface area (Å²) in [6.45, 7) is 2.05. The minimum Gasteiger partial charge on any atom is -0.394 e. The Morgan fingerprint density at radius 1 is 0.941 bits per heavy atom. The molecule has 0 saturated carbocycles. The van der Waals surface area contributed by atoms with E-state index in [0.29, 0.717) is 0 Å². The van der Waals surface area contributed by atoms with Crippen molar-refractivity contribution in [3.63, 3.8) is 0 Å². The van der Waals surface area contributed by atoms with Crippen LogP contribution >= 0.6 is 0 Å². The second-order valence-corrected chi connectivity index (χ2v) is 4.28.